The number of thiophene rings is 1. The van der Waals surface area contributed by atoms with Crippen LogP contribution in [0.5, 0.6) is 0 Å². The van der Waals surface area contributed by atoms with Crippen LogP contribution in [-0.4, -0.2) is 26.6 Å². The number of nitrogens with zero attached hydrogens (tertiary/aromatic N) is 3. The molecule has 0 fully saturated rings. The van der Waals surface area contributed by atoms with E-state index < -0.39 is 29.9 Å². The van der Waals surface area contributed by atoms with Crippen LogP contribution in [0.25, 0.3) is 21.3 Å². The first-order chi connectivity index (χ1) is 15.7. The Morgan fingerprint density at radius 3 is 2.61 bits per heavy atom. The predicted molar refractivity (Wildman–Crippen MR) is 124 cm³/mol. The van der Waals surface area contributed by atoms with E-state index in [0.717, 1.165) is 11.3 Å². The minimum atomic E-state index is -2.81. The number of primary amides is 1. The van der Waals surface area contributed by atoms with Crippen LogP contribution in [0.3, 0.4) is 0 Å². The first kappa shape index (κ1) is 22.8. The van der Waals surface area contributed by atoms with Crippen molar-refractivity contribution in [2.45, 2.75) is 19.9 Å². The standard InChI is InChI=1S/C22H18ClF2N5O2S/c1-11(9-30-10-13(23)8-27-30)21(32)29-17-16-14(12-5-3-2-4-6-12)7-15(19(24)25)28-22(16)33-18(17)20(26)31/h2-8,10-11,19H,9H2,1H3,(H2,26,31)(H,29,32). The maximum atomic E-state index is 13.5. The first-order valence-corrected chi connectivity index (χ1v) is 11.0. The summed E-state index contributed by atoms with van der Waals surface area (Å²) in [6, 6.07) is 10.1. The second-order valence-electron chi connectivity index (χ2n) is 7.38. The van der Waals surface area contributed by atoms with E-state index in [-0.39, 0.29) is 21.9 Å². The molecule has 0 aliphatic heterocycles. The molecule has 1 atom stereocenters. The Labute approximate surface area is 196 Å². The van der Waals surface area contributed by atoms with Crippen LogP contribution in [0.1, 0.15) is 28.7 Å². The van der Waals surface area contributed by atoms with Gasteiger partial charge in [-0.3, -0.25) is 14.3 Å². The van der Waals surface area contributed by atoms with E-state index in [4.69, 9.17) is 17.3 Å². The molecule has 0 saturated heterocycles. The summed E-state index contributed by atoms with van der Waals surface area (Å²) in [7, 11) is 0. The van der Waals surface area contributed by atoms with E-state index in [1.54, 1.807) is 43.5 Å². The third-order valence-electron chi connectivity index (χ3n) is 4.97. The van der Waals surface area contributed by atoms with E-state index >= 15 is 0 Å². The van der Waals surface area contributed by atoms with Gasteiger partial charge in [-0.2, -0.15) is 5.10 Å². The van der Waals surface area contributed by atoms with Gasteiger partial charge in [0.15, 0.2) is 0 Å². The maximum absolute atomic E-state index is 13.5. The Morgan fingerprint density at radius 2 is 2.00 bits per heavy atom. The Kier molecular flexibility index (Phi) is 6.39. The molecule has 2 amide bonds. The minimum Gasteiger partial charge on any atom is -0.365 e. The zero-order valence-electron chi connectivity index (χ0n) is 17.3. The van der Waals surface area contributed by atoms with Crippen LogP contribution in [0.15, 0.2) is 48.8 Å². The second kappa shape index (κ2) is 9.24. The number of alkyl halides is 2. The number of hydrogen-bond acceptors (Lipinski definition) is 5. The van der Waals surface area contributed by atoms with Crippen molar-refractivity contribution in [3.63, 3.8) is 0 Å². The second-order valence-corrected chi connectivity index (χ2v) is 8.82. The number of fused-ring (bicyclic) bond motifs is 1. The highest BCUT2D eigenvalue weighted by Crippen LogP contribution is 2.42. The van der Waals surface area contributed by atoms with Crippen LogP contribution in [0.2, 0.25) is 5.02 Å². The average Bonchev–Trinajstić information content (AvgIpc) is 3.36. The lowest BCUT2D eigenvalue weighted by Crippen LogP contribution is -2.25. The van der Waals surface area contributed by atoms with Gasteiger partial charge in [-0.05, 0) is 17.2 Å². The zero-order valence-corrected chi connectivity index (χ0v) is 18.8. The van der Waals surface area contributed by atoms with E-state index in [2.05, 4.69) is 15.4 Å². The van der Waals surface area contributed by atoms with Gasteiger partial charge >= 0.3 is 0 Å². The first-order valence-electron chi connectivity index (χ1n) is 9.84. The number of pyridine rings is 1. The summed E-state index contributed by atoms with van der Waals surface area (Å²) in [5.74, 6) is -1.75. The molecular formula is C22H18ClF2N5O2S. The fourth-order valence-electron chi connectivity index (χ4n) is 3.42. The molecular weight excluding hydrogens is 472 g/mol. The third-order valence-corrected chi connectivity index (χ3v) is 6.27. The molecule has 0 bridgehead atoms. The molecule has 0 saturated carbocycles. The van der Waals surface area contributed by atoms with Crippen LogP contribution < -0.4 is 11.1 Å². The summed E-state index contributed by atoms with van der Waals surface area (Å²) in [5.41, 5.74) is 6.34. The number of carbonyl (C=O) groups excluding carboxylic acids is 2. The molecule has 3 N–H and O–H groups in total. The van der Waals surface area contributed by atoms with Crippen molar-refractivity contribution in [1.82, 2.24) is 14.8 Å². The van der Waals surface area contributed by atoms with Gasteiger partial charge in [-0.15, -0.1) is 11.3 Å². The van der Waals surface area contributed by atoms with E-state index in [9.17, 15) is 18.4 Å². The average molecular weight is 490 g/mol. The van der Waals surface area contributed by atoms with Gasteiger partial charge in [-0.25, -0.2) is 13.8 Å². The number of anilines is 1. The Morgan fingerprint density at radius 1 is 1.27 bits per heavy atom. The highest BCUT2D eigenvalue weighted by molar-refractivity contribution is 7.21. The molecule has 0 aliphatic carbocycles. The number of carbonyl (C=O) groups is 2. The quantitative estimate of drug-likeness (QED) is 0.376. The summed E-state index contributed by atoms with van der Waals surface area (Å²) in [5, 5.41) is 7.65. The van der Waals surface area contributed by atoms with Crippen molar-refractivity contribution >= 4 is 50.7 Å². The summed E-state index contributed by atoms with van der Waals surface area (Å²) >= 11 is 6.74. The van der Waals surface area contributed by atoms with Crippen molar-refractivity contribution in [3.05, 3.63) is 64.4 Å². The largest absolute Gasteiger partial charge is 0.365 e. The van der Waals surface area contributed by atoms with Crippen LogP contribution >= 0.6 is 22.9 Å². The van der Waals surface area contributed by atoms with Gasteiger partial charge in [0.05, 0.1) is 29.4 Å². The lowest BCUT2D eigenvalue weighted by Gasteiger charge is -2.14. The van der Waals surface area contributed by atoms with Crippen molar-refractivity contribution in [3.8, 4) is 11.1 Å². The maximum Gasteiger partial charge on any atom is 0.280 e. The van der Waals surface area contributed by atoms with E-state index in [1.165, 1.54) is 16.9 Å². The number of nitrogens with two attached hydrogens (primary N) is 1. The number of hydrogen-bond donors (Lipinski definition) is 2. The van der Waals surface area contributed by atoms with Crippen LogP contribution in [0, 0.1) is 5.92 Å². The normalized spacial score (nSPS) is 12.3. The topological polar surface area (TPSA) is 103 Å². The van der Waals surface area contributed by atoms with E-state index in [0.29, 0.717) is 21.5 Å². The van der Waals surface area contributed by atoms with Gasteiger partial charge in [-0.1, -0.05) is 48.9 Å². The fourth-order valence-corrected chi connectivity index (χ4v) is 4.59. The summed E-state index contributed by atoms with van der Waals surface area (Å²) in [6.45, 7) is 1.93. The molecule has 4 rings (SSSR count). The van der Waals surface area contributed by atoms with Crippen LogP contribution in [-0.2, 0) is 11.3 Å². The molecule has 0 aliphatic rings. The fraction of sp³-hybridized carbons (Fsp3) is 0.182. The van der Waals surface area contributed by atoms with Gasteiger partial charge < -0.3 is 11.1 Å². The molecule has 3 heterocycles. The highest BCUT2D eigenvalue weighted by Gasteiger charge is 2.26. The van der Waals surface area contributed by atoms with E-state index in [1.807, 2.05) is 0 Å². The van der Waals surface area contributed by atoms with Crippen molar-refractivity contribution in [1.29, 1.82) is 0 Å². The number of benzene rings is 1. The lowest BCUT2D eigenvalue weighted by atomic mass is 10.0. The monoisotopic (exact) mass is 489 g/mol. The zero-order chi connectivity index (χ0) is 23.7. The Hall–Kier alpha value is -3.37. The highest BCUT2D eigenvalue weighted by atomic mass is 35.5. The third kappa shape index (κ3) is 4.71. The van der Waals surface area contributed by atoms with Crippen molar-refractivity contribution in [2.24, 2.45) is 11.7 Å². The van der Waals surface area contributed by atoms with Crippen molar-refractivity contribution in [2.75, 3.05) is 5.32 Å². The van der Waals surface area contributed by atoms with Gasteiger partial charge in [0.25, 0.3) is 12.3 Å². The molecule has 170 valence electrons. The molecule has 1 aromatic carbocycles. The minimum absolute atomic E-state index is 0.0313. The molecule has 33 heavy (non-hydrogen) atoms. The molecule has 3 aromatic heterocycles. The lowest BCUT2D eigenvalue weighted by molar-refractivity contribution is -0.119. The Bertz CT molecular complexity index is 1340. The molecule has 1 unspecified atom stereocenters. The Balaban J connectivity index is 1.81. The molecule has 0 spiro atoms. The van der Waals surface area contributed by atoms with Gasteiger partial charge in [0.1, 0.15) is 15.4 Å². The van der Waals surface area contributed by atoms with Gasteiger partial charge in [0.2, 0.25) is 5.91 Å². The number of halogens is 3. The molecule has 7 nitrogen and oxygen atoms in total. The molecule has 4 aromatic rings. The van der Waals surface area contributed by atoms with Crippen molar-refractivity contribution < 1.29 is 18.4 Å². The number of aromatic nitrogens is 3. The number of rotatable bonds is 7. The van der Waals surface area contributed by atoms with Gasteiger partial charge in [0, 0.05) is 11.6 Å². The summed E-state index contributed by atoms with van der Waals surface area (Å²) < 4.78 is 28.6. The molecule has 11 heteroatoms. The summed E-state index contributed by atoms with van der Waals surface area (Å²) in [6.07, 6.45) is 0.237. The predicted octanol–water partition coefficient (Wildman–Crippen LogP) is 5.12. The number of nitrogens with one attached hydrogen (secondary N) is 1. The number of amides is 2. The smallest absolute Gasteiger partial charge is 0.280 e. The van der Waals surface area contributed by atoms with Crippen LogP contribution in [0.4, 0.5) is 14.5 Å². The SMILES string of the molecule is CC(Cn1cc(Cl)cn1)C(=O)Nc1c(C(N)=O)sc2nc(C(F)F)cc(-c3ccccc3)c12. The summed E-state index contributed by atoms with van der Waals surface area (Å²) in [4.78, 5) is 29.4. The molecule has 0 radical (unpaired) electrons.